The van der Waals surface area contributed by atoms with Crippen molar-refractivity contribution in [2.75, 3.05) is 5.84 Å². The molecule has 32 heavy (non-hydrogen) atoms. The molecule has 0 aliphatic heterocycles. The first-order valence-corrected chi connectivity index (χ1v) is 11.8. The third-order valence-electron chi connectivity index (χ3n) is 4.84. The van der Waals surface area contributed by atoms with Gasteiger partial charge >= 0.3 is 0 Å². The average molecular weight is 485 g/mol. The van der Waals surface area contributed by atoms with Crippen molar-refractivity contribution >= 4 is 44.9 Å². The Bertz CT molecular complexity index is 1520. The van der Waals surface area contributed by atoms with Crippen molar-refractivity contribution in [2.45, 2.75) is 24.8 Å². The Balaban J connectivity index is 1.42. The summed E-state index contributed by atoms with van der Waals surface area (Å²) in [5, 5.41) is 16.2. The largest absolute Gasteiger partial charge is 0.334 e. The first-order valence-electron chi connectivity index (χ1n) is 9.54. The van der Waals surface area contributed by atoms with Crippen LogP contribution in [-0.2, 0) is 5.75 Å². The van der Waals surface area contributed by atoms with Gasteiger partial charge < -0.3 is 10.8 Å². The number of nitrogen functional groups attached to an aromatic ring is 1. The molecule has 1 aromatic carbocycles. The zero-order valence-corrected chi connectivity index (χ0v) is 19.4. The van der Waals surface area contributed by atoms with Crippen molar-refractivity contribution in [3.63, 3.8) is 0 Å². The molecule has 4 heterocycles. The number of aromatic nitrogens is 7. The highest BCUT2D eigenvalue weighted by Crippen LogP contribution is 2.35. The molecule has 0 fully saturated rings. The summed E-state index contributed by atoms with van der Waals surface area (Å²) in [6.07, 6.45) is 0. The van der Waals surface area contributed by atoms with Crippen LogP contribution >= 0.6 is 34.7 Å². The SMILES string of the molecule is Cc1cc(C)n(-c2nnc(SCc3nc4scc(-c5ccccc5Cl)c4c(=O)[nH]3)n2N)n1. The Morgan fingerprint density at radius 3 is 2.78 bits per heavy atom. The van der Waals surface area contributed by atoms with Crippen LogP contribution in [0, 0.1) is 13.8 Å². The fraction of sp³-hybridized carbons (Fsp3) is 0.150. The van der Waals surface area contributed by atoms with Crippen LogP contribution in [0.1, 0.15) is 17.2 Å². The van der Waals surface area contributed by atoms with Gasteiger partial charge in [-0.25, -0.2) is 14.3 Å². The number of nitrogens with zero attached hydrogens (tertiary/aromatic N) is 6. The van der Waals surface area contributed by atoms with E-state index in [9.17, 15) is 4.79 Å². The van der Waals surface area contributed by atoms with Gasteiger partial charge in [0.1, 0.15) is 10.7 Å². The third kappa shape index (κ3) is 3.57. The van der Waals surface area contributed by atoms with Crippen LogP contribution in [-0.4, -0.2) is 34.6 Å². The molecule has 162 valence electrons. The molecule has 0 radical (unpaired) electrons. The standard InChI is InChI=1S/C20H17ClN8OS2/c1-10-7-11(2)29(27-10)19-25-26-20(28(19)22)32-9-15-23-17(30)16-13(8-31-18(16)24-15)12-5-3-4-6-14(12)21/h3-8H,9,22H2,1-2H3,(H,23,24,30). The highest BCUT2D eigenvalue weighted by Gasteiger charge is 2.17. The number of nitrogens with two attached hydrogens (primary N) is 1. The maximum atomic E-state index is 12.9. The summed E-state index contributed by atoms with van der Waals surface area (Å²) in [5.74, 6) is 7.50. The van der Waals surface area contributed by atoms with Crippen molar-refractivity contribution in [3.05, 3.63) is 68.3 Å². The molecule has 0 unspecified atom stereocenters. The number of rotatable bonds is 5. The third-order valence-corrected chi connectivity index (χ3v) is 7.00. The molecule has 0 amide bonds. The van der Waals surface area contributed by atoms with Gasteiger partial charge in [-0.05, 0) is 26.0 Å². The number of fused-ring (bicyclic) bond motifs is 1. The second-order valence-corrected chi connectivity index (χ2v) is 9.31. The second-order valence-electron chi connectivity index (χ2n) is 7.10. The smallest absolute Gasteiger partial charge is 0.271 e. The molecule has 0 aliphatic carbocycles. The maximum absolute atomic E-state index is 12.9. The van der Waals surface area contributed by atoms with E-state index < -0.39 is 0 Å². The van der Waals surface area contributed by atoms with Gasteiger partial charge in [-0.3, -0.25) is 4.79 Å². The number of aryl methyl sites for hydroxylation is 2. The van der Waals surface area contributed by atoms with E-state index in [1.807, 2.05) is 43.5 Å². The van der Waals surface area contributed by atoms with Crippen LogP contribution < -0.4 is 11.4 Å². The molecule has 12 heteroatoms. The van der Waals surface area contributed by atoms with Gasteiger partial charge in [-0.2, -0.15) is 5.10 Å². The quantitative estimate of drug-likeness (QED) is 0.288. The Morgan fingerprint density at radius 1 is 1.22 bits per heavy atom. The molecule has 0 bridgehead atoms. The Labute approximate surface area is 195 Å². The Hall–Kier alpha value is -3.15. The average Bonchev–Trinajstić information content (AvgIpc) is 3.44. The van der Waals surface area contributed by atoms with Gasteiger partial charge in [-0.15, -0.1) is 21.5 Å². The number of hydrogen-bond donors (Lipinski definition) is 2. The van der Waals surface area contributed by atoms with E-state index >= 15 is 0 Å². The second kappa shape index (κ2) is 8.08. The van der Waals surface area contributed by atoms with Crippen molar-refractivity contribution in [2.24, 2.45) is 0 Å². The van der Waals surface area contributed by atoms with Crippen molar-refractivity contribution in [1.29, 1.82) is 0 Å². The first kappa shape index (κ1) is 20.7. The molecule has 0 saturated heterocycles. The number of benzene rings is 1. The first-order chi connectivity index (χ1) is 15.4. The fourth-order valence-corrected chi connectivity index (χ4v) is 5.33. The molecule has 0 atom stereocenters. The van der Waals surface area contributed by atoms with Gasteiger partial charge in [0.05, 0.1) is 16.8 Å². The predicted octanol–water partition coefficient (Wildman–Crippen LogP) is 3.71. The number of hydrogen-bond acceptors (Lipinski definition) is 8. The Morgan fingerprint density at radius 2 is 2.03 bits per heavy atom. The lowest BCUT2D eigenvalue weighted by Crippen LogP contribution is -2.17. The van der Waals surface area contributed by atoms with Crippen LogP contribution in [0.3, 0.4) is 0 Å². The topological polar surface area (TPSA) is 120 Å². The van der Waals surface area contributed by atoms with E-state index in [-0.39, 0.29) is 5.56 Å². The monoisotopic (exact) mass is 484 g/mol. The van der Waals surface area contributed by atoms with Crippen LogP contribution in [0.25, 0.3) is 27.3 Å². The van der Waals surface area contributed by atoms with E-state index in [0.29, 0.717) is 37.9 Å². The summed E-state index contributed by atoms with van der Waals surface area (Å²) >= 11 is 9.06. The molecular formula is C20H17ClN8OS2. The number of nitrogens with one attached hydrogen (secondary N) is 1. The Kier molecular flexibility index (Phi) is 5.24. The summed E-state index contributed by atoms with van der Waals surface area (Å²) in [4.78, 5) is 21.0. The summed E-state index contributed by atoms with van der Waals surface area (Å²) in [7, 11) is 0. The van der Waals surface area contributed by atoms with Gasteiger partial charge in [0, 0.05) is 27.2 Å². The summed E-state index contributed by atoms with van der Waals surface area (Å²) in [6.45, 7) is 3.82. The van der Waals surface area contributed by atoms with E-state index in [1.54, 1.807) is 10.7 Å². The van der Waals surface area contributed by atoms with E-state index in [2.05, 4.69) is 25.3 Å². The van der Waals surface area contributed by atoms with E-state index in [4.69, 9.17) is 17.4 Å². The molecule has 0 spiro atoms. The molecule has 5 rings (SSSR count). The minimum absolute atomic E-state index is 0.209. The van der Waals surface area contributed by atoms with Crippen LogP contribution in [0.4, 0.5) is 0 Å². The van der Waals surface area contributed by atoms with Crippen LogP contribution in [0.15, 0.2) is 45.7 Å². The van der Waals surface area contributed by atoms with Crippen molar-refractivity contribution < 1.29 is 0 Å². The highest BCUT2D eigenvalue weighted by atomic mass is 35.5. The minimum Gasteiger partial charge on any atom is -0.334 e. The summed E-state index contributed by atoms with van der Waals surface area (Å²) in [5.41, 5.74) is 3.14. The summed E-state index contributed by atoms with van der Waals surface area (Å²) in [6, 6.07) is 9.37. The lowest BCUT2D eigenvalue weighted by Gasteiger charge is -2.05. The number of halogens is 1. The number of H-pyrrole nitrogens is 1. The molecule has 0 aliphatic rings. The van der Waals surface area contributed by atoms with Crippen LogP contribution in [0.5, 0.6) is 0 Å². The normalized spacial score (nSPS) is 11.5. The summed E-state index contributed by atoms with van der Waals surface area (Å²) < 4.78 is 3.02. The molecule has 4 aromatic heterocycles. The highest BCUT2D eigenvalue weighted by molar-refractivity contribution is 7.98. The van der Waals surface area contributed by atoms with Crippen molar-refractivity contribution in [1.82, 2.24) is 34.6 Å². The molecular weight excluding hydrogens is 468 g/mol. The molecule has 5 aromatic rings. The molecule has 9 nitrogen and oxygen atoms in total. The lowest BCUT2D eigenvalue weighted by atomic mass is 10.1. The zero-order valence-electron chi connectivity index (χ0n) is 17.0. The van der Waals surface area contributed by atoms with Gasteiger partial charge in [0.25, 0.3) is 11.5 Å². The van der Waals surface area contributed by atoms with E-state index in [0.717, 1.165) is 22.5 Å². The maximum Gasteiger partial charge on any atom is 0.271 e. The molecule has 3 N–H and O–H groups in total. The predicted molar refractivity (Wildman–Crippen MR) is 127 cm³/mol. The number of aromatic amines is 1. The lowest BCUT2D eigenvalue weighted by molar-refractivity contribution is 0.727. The van der Waals surface area contributed by atoms with Gasteiger partial charge in [0.15, 0.2) is 0 Å². The van der Waals surface area contributed by atoms with E-state index in [1.165, 1.54) is 27.8 Å². The minimum atomic E-state index is -0.209. The van der Waals surface area contributed by atoms with Crippen molar-refractivity contribution in [3.8, 4) is 17.1 Å². The van der Waals surface area contributed by atoms with Gasteiger partial charge in [-0.1, -0.05) is 41.6 Å². The molecule has 0 saturated carbocycles. The zero-order chi connectivity index (χ0) is 22.4. The number of thioether (sulfide) groups is 1. The van der Waals surface area contributed by atoms with Crippen LogP contribution in [0.2, 0.25) is 5.02 Å². The van der Waals surface area contributed by atoms with Gasteiger partial charge in [0.2, 0.25) is 5.16 Å². The number of thiophene rings is 1. The fourth-order valence-electron chi connectivity index (χ4n) is 3.42.